The van der Waals surface area contributed by atoms with E-state index in [0.717, 1.165) is 15.6 Å². The summed E-state index contributed by atoms with van der Waals surface area (Å²) in [5.41, 5.74) is 2.63. The highest BCUT2D eigenvalue weighted by atomic mass is 79.9. The number of hydrogen-bond acceptors (Lipinski definition) is 3. The second-order valence-corrected chi connectivity index (χ2v) is 5.20. The molecule has 104 valence electrons. The standard InChI is InChI=1S/C16H15BrO3/c1-2-20-16(19)15(18)13-5-3-11(4-6-13)12-7-9-14(17)10-8-12/h3-10,15,18H,2H2,1H3. The molecule has 0 saturated carbocycles. The largest absolute Gasteiger partial charge is 0.464 e. The van der Waals surface area contributed by atoms with Crippen LogP contribution in [-0.4, -0.2) is 17.7 Å². The quantitative estimate of drug-likeness (QED) is 0.867. The highest BCUT2D eigenvalue weighted by Gasteiger charge is 2.18. The molecule has 1 N–H and O–H groups in total. The molecule has 2 rings (SSSR count). The van der Waals surface area contributed by atoms with Gasteiger partial charge in [0.25, 0.3) is 0 Å². The van der Waals surface area contributed by atoms with Gasteiger partial charge in [-0.05, 0) is 35.7 Å². The topological polar surface area (TPSA) is 46.5 Å². The van der Waals surface area contributed by atoms with Crippen LogP contribution < -0.4 is 0 Å². The fourth-order valence-corrected chi connectivity index (χ4v) is 2.12. The maximum Gasteiger partial charge on any atom is 0.339 e. The molecule has 0 heterocycles. The van der Waals surface area contributed by atoms with Crippen molar-refractivity contribution in [1.82, 2.24) is 0 Å². The number of carbonyl (C=O) groups is 1. The van der Waals surface area contributed by atoms with E-state index in [1.54, 1.807) is 19.1 Å². The molecular formula is C16H15BrO3. The molecule has 3 nitrogen and oxygen atoms in total. The number of benzene rings is 2. The highest BCUT2D eigenvalue weighted by Crippen LogP contribution is 2.24. The summed E-state index contributed by atoms with van der Waals surface area (Å²) in [6.45, 7) is 1.97. The van der Waals surface area contributed by atoms with Crippen molar-refractivity contribution in [3.8, 4) is 11.1 Å². The first-order valence-electron chi connectivity index (χ1n) is 6.32. The van der Waals surface area contributed by atoms with Gasteiger partial charge in [0.2, 0.25) is 0 Å². The van der Waals surface area contributed by atoms with E-state index in [1.807, 2.05) is 36.4 Å². The first-order valence-corrected chi connectivity index (χ1v) is 7.11. The number of aliphatic hydroxyl groups is 1. The number of hydrogen-bond donors (Lipinski definition) is 1. The average molecular weight is 335 g/mol. The van der Waals surface area contributed by atoms with Crippen molar-refractivity contribution >= 4 is 21.9 Å². The van der Waals surface area contributed by atoms with E-state index in [4.69, 9.17) is 4.74 Å². The van der Waals surface area contributed by atoms with Gasteiger partial charge in [-0.25, -0.2) is 4.79 Å². The SMILES string of the molecule is CCOC(=O)C(O)c1ccc(-c2ccc(Br)cc2)cc1. The molecule has 1 atom stereocenters. The van der Waals surface area contributed by atoms with E-state index in [1.165, 1.54) is 0 Å². The zero-order valence-corrected chi connectivity index (χ0v) is 12.6. The Hall–Kier alpha value is -1.65. The number of halogens is 1. The smallest absolute Gasteiger partial charge is 0.339 e. The third kappa shape index (κ3) is 3.46. The molecule has 0 amide bonds. The lowest BCUT2D eigenvalue weighted by Crippen LogP contribution is -2.15. The molecule has 0 bridgehead atoms. The lowest BCUT2D eigenvalue weighted by Gasteiger charge is -2.10. The number of esters is 1. The molecule has 0 aliphatic heterocycles. The van der Waals surface area contributed by atoms with E-state index < -0.39 is 12.1 Å². The molecule has 0 aromatic heterocycles. The van der Waals surface area contributed by atoms with Gasteiger partial charge in [0, 0.05) is 4.47 Å². The van der Waals surface area contributed by atoms with E-state index in [2.05, 4.69) is 15.9 Å². The van der Waals surface area contributed by atoms with E-state index in [0.29, 0.717) is 5.56 Å². The van der Waals surface area contributed by atoms with Crippen molar-refractivity contribution in [1.29, 1.82) is 0 Å². The third-order valence-corrected chi connectivity index (χ3v) is 3.44. The van der Waals surface area contributed by atoms with Gasteiger partial charge >= 0.3 is 5.97 Å². The summed E-state index contributed by atoms with van der Waals surface area (Å²) in [5.74, 6) is -0.621. The summed E-state index contributed by atoms with van der Waals surface area (Å²) in [6, 6.07) is 15.2. The summed E-state index contributed by atoms with van der Waals surface area (Å²) in [5, 5.41) is 9.84. The van der Waals surface area contributed by atoms with Crippen molar-refractivity contribution in [2.45, 2.75) is 13.0 Å². The van der Waals surface area contributed by atoms with Crippen LogP contribution in [0.15, 0.2) is 53.0 Å². The van der Waals surface area contributed by atoms with Crippen LogP contribution in [0.1, 0.15) is 18.6 Å². The predicted molar refractivity (Wildman–Crippen MR) is 81.2 cm³/mol. The van der Waals surface area contributed by atoms with Gasteiger partial charge in [0.1, 0.15) is 0 Å². The molecule has 0 aliphatic carbocycles. The van der Waals surface area contributed by atoms with Crippen LogP contribution in [0, 0.1) is 0 Å². The minimum Gasteiger partial charge on any atom is -0.464 e. The Balaban J connectivity index is 2.17. The molecule has 1 unspecified atom stereocenters. The lowest BCUT2D eigenvalue weighted by atomic mass is 10.0. The van der Waals surface area contributed by atoms with Gasteiger partial charge in [-0.3, -0.25) is 0 Å². The highest BCUT2D eigenvalue weighted by molar-refractivity contribution is 9.10. The Labute approximate surface area is 126 Å². The molecule has 0 radical (unpaired) electrons. The Morgan fingerprint density at radius 2 is 1.60 bits per heavy atom. The third-order valence-electron chi connectivity index (χ3n) is 2.91. The molecule has 20 heavy (non-hydrogen) atoms. The first-order chi connectivity index (χ1) is 9.61. The van der Waals surface area contributed by atoms with Crippen LogP contribution in [-0.2, 0) is 9.53 Å². The second-order valence-electron chi connectivity index (χ2n) is 4.28. The Morgan fingerprint density at radius 3 is 2.10 bits per heavy atom. The summed E-state index contributed by atoms with van der Waals surface area (Å²) >= 11 is 3.39. The molecule has 0 fully saturated rings. The summed E-state index contributed by atoms with van der Waals surface area (Å²) in [6.07, 6.45) is -1.23. The number of rotatable bonds is 4. The monoisotopic (exact) mass is 334 g/mol. The summed E-state index contributed by atoms with van der Waals surface area (Å²) in [7, 11) is 0. The maximum atomic E-state index is 11.5. The van der Waals surface area contributed by atoms with Crippen LogP contribution in [0.2, 0.25) is 0 Å². The van der Waals surface area contributed by atoms with Crippen molar-refractivity contribution < 1.29 is 14.6 Å². The van der Waals surface area contributed by atoms with Gasteiger partial charge in [-0.1, -0.05) is 52.3 Å². The Morgan fingerprint density at radius 1 is 1.10 bits per heavy atom. The zero-order chi connectivity index (χ0) is 14.5. The number of ether oxygens (including phenoxy) is 1. The molecule has 0 aliphatic rings. The van der Waals surface area contributed by atoms with Gasteiger partial charge in [-0.15, -0.1) is 0 Å². The molecule has 0 spiro atoms. The lowest BCUT2D eigenvalue weighted by molar-refractivity contribution is -0.153. The van der Waals surface area contributed by atoms with Gasteiger partial charge < -0.3 is 9.84 Å². The molecule has 2 aromatic carbocycles. The van der Waals surface area contributed by atoms with Crippen molar-refractivity contribution in [2.24, 2.45) is 0 Å². The van der Waals surface area contributed by atoms with Crippen LogP contribution in [0.4, 0.5) is 0 Å². The molecule has 4 heteroatoms. The molecule has 2 aromatic rings. The van der Waals surface area contributed by atoms with Crippen LogP contribution in [0.5, 0.6) is 0 Å². The first kappa shape index (κ1) is 14.8. The molecule has 0 saturated heterocycles. The van der Waals surface area contributed by atoms with Gasteiger partial charge in [-0.2, -0.15) is 0 Å². The van der Waals surface area contributed by atoms with E-state index >= 15 is 0 Å². The fraction of sp³-hybridized carbons (Fsp3) is 0.188. The van der Waals surface area contributed by atoms with Crippen molar-refractivity contribution in [3.05, 3.63) is 58.6 Å². The van der Waals surface area contributed by atoms with Gasteiger partial charge in [0.05, 0.1) is 6.61 Å². The normalized spacial score (nSPS) is 11.9. The Bertz CT molecular complexity index is 576. The van der Waals surface area contributed by atoms with E-state index in [-0.39, 0.29) is 6.61 Å². The van der Waals surface area contributed by atoms with Crippen LogP contribution in [0.25, 0.3) is 11.1 Å². The zero-order valence-electron chi connectivity index (χ0n) is 11.0. The fourth-order valence-electron chi connectivity index (χ4n) is 1.86. The second kappa shape index (κ2) is 6.68. The summed E-state index contributed by atoms with van der Waals surface area (Å²) < 4.78 is 5.82. The van der Waals surface area contributed by atoms with Crippen LogP contribution in [0.3, 0.4) is 0 Å². The predicted octanol–water partition coefficient (Wildman–Crippen LogP) is 3.71. The molecular weight excluding hydrogens is 320 g/mol. The average Bonchev–Trinajstić information content (AvgIpc) is 2.48. The van der Waals surface area contributed by atoms with Gasteiger partial charge in [0.15, 0.2) is 6.10 Å². The number of aliphatic hydroxyl groups excluding tert-OH is 1. The van der Waals surface area contributed by atoms with Crippen molar-refractivity contribution in [2.75, 3.05) is 6.61 Å². The maximum absolute atomic E-state index is 11.5. The van der Waals surface area contributed by atoms with Crippen molar-refractivity contribution in [3.63, 3.8) is 0 Å². The number of carbonyl (C=O) groups excluding carboxylic acids is 1. The minimum atomic E-state index is -1.23. The Kier molecular flexibility index (Phi) is 4.93. The minimum absolute atomic E-state index is 0.257. The van der Waals surface area contributed by atoms with E-state index in [9.17, 15) is 9.90 Å². The van der Waals surface area contributed by atoms with Crippen LogP contribution >= 0.6 is 15.9 Å². The summed E-state index contributed by atoms with van der Waals surface area (Å²) in [4.78, 5) is 11.5.